The number of anilines is 2. The van der Waals surface area contributed by atoms with Crippen LogP contribution < -0.4 is 10.6 Å². The molecule has 0 saturated carbocycles. The maximum atomic E-state index is 13.9. The van der Waals surface area contributed by atoms with E-state index in [0.717, 1.165) is 41.0 Å². The second kappa shape index (κ2) is 11.5. The van der Waals surface area contributed by atoms with E-state index in [4.69, 9.17) is 4.74 Å². The number of rotatable bonds is 8. The van der Waals surface area contributed by atoms with Crippen LogP contribution in [0.15, 0.2) is 53.4 Å². The number of hydrogen-bond acceptors (Lipinski definition) is 6. The Balaban J connectivity index is 1.40. The number of thiophene rings is 1. The highest BCUT2D eigenvalue weighted by molar-refractivity contribution is 8.00. The Morgan fingerprint density at radius 3 is 2.66 bits per heavy atom. The summed E-state index contributed by atoms with van der Waals surface area (Å²) in [6.45, 7) is 2.04. The van der Waals surface area contributed by atoms with Crippen molar-refractivity contribution in [3.63, 3.8) is 0 Å². The molecular weight excluding hydrogens is 487 g/mol. The first-order chi connectivity index (χ1) is 17.0. The monoisotopic (exact) mass is 512 g/mol. The number of carbonyl (C=O) groups is 3. The number of fused-ring (bicyclic) bond motifs is 1. The average Bonchev–Trinajstić information content (AvgIpc) is 3.21. The van der Waals surface area contributed by atoms with Gasteiger partial charge in [-0.3, -0.25) is 9.59 Å². The molecule has 3 aromatic rings. The Hall–Kier alpha value is -3.17. The smallest absolute Gasteiger partial charge is 0.341 e. The predicted octanol–water partition coefficient (Wildman–Crippen LogP) is 5.93. The Labute approximate surface area is 211 Å². The number of halogens is 1. The SMILES string of the molecule is CCOC(=O)c1c(NC(=O)CSc2cccc(NC(=O)c3ccccc3F)c2)sc2c1CCCC2. The van der Waals surface area contributed by atoms with Crippen molar-refractivity contribution in [3.05, 3.63) is 75.9 Å². The lowest BCUT2D eigenvalue weighted by atomic mass is 9.95. The largest absolute Gasteiger partial charge is 0.462 e. The van der Waals surface area contributed by atoms with Crippen LogP contribution in [0.2, 0.25) is 0 Å². The van der Waals surface area contributed by atoms with Crippen molar-refractivity contribution in [1.29, 1.82) is 0 Å². The number of esters is 1. The second-order valence-corrected chi connectivity index (χ2v) is 10.1. The van der Waals surface area contributed by atoms with Crippen LogP contribution >= 0.6 is 23.1 Å². The van der Waals surface area contributed by atoms with Crippen molar-refractivity contribution >= 4 is 51.6 Å². The molecule has 0 aliphatic heterocycles. The zero-order valence-corrected chi connectivity index (χ0v) is 20.8. The first kappa shape index (κ1) is 24.9. The topological polar surface area (TPSA) is 84.5 Å². The molecule has 0 spiro atoms. The quantitative estimate of drug-likeness (QED) is 0.289. The van der Waals surface area contributed by atoms with Crippen LogP contribution in [0.25, 0.3) is 0 Å². The van der Waals surface area contributed by atoms with Gasteiger partial charge in [-0.1, -0.05) is 18.2 Å². The molecule has 35 heavy (non-hydrogen) atoms. The third-order valence-electron chi connectivity index (χ3n) is 5.48. The van der Waals surface area contributed by atoms with Crippen LogP contribution in [0, 0.1) is 5.82 Å². The maximum absolute atomic E-state index is 13.9. The molecule has 0 radical (unpaired) electrons. The van der Waals surface area contributed by atoms with E-state index in [-0.39, 0.29) is 23.8 Å². The van der Waals surface area contributed by atoms with E-state index in [1.165, 1.54) is 41.3 Å². The fraction of sp³-hybridized carbons (Fsp3) is 0.269. The van der Waals surface area contributed by atoms with Gasteiger partial charge in [0.2, 0.25) is 5.91 Å². The fourth-order valence-corrected chi connectivity index (χ4v) is 5.94. The number of nitrogens with one attached hydrogen (secondary N) is 2. The van der Waals surface area contributed by atoms with Gasteiger partial charge in [-0.2, -0.15) is 0 Å². The summed E-state index contributed by atoms with van der Waals surface area (Å²) < 4.78 is 19.1. The number of amides is 2. The highest BCUT2D eigenvalue weighted by Crippen LogP contribution is 2.38. The molecule has 0 fully saturated rings. The summed E-state index contributed by atoms with van der Waals surface area (Å²) >= 11 is 2.75. The van der Waals surface area contributed by atoms with Crippen molar-refractivity contribution in [2.45, 2.75) is 37.5 Å². The van der Waals surface area contributed by atoms with E-state index in [2.05, 4.69) is 10.6 Å². The molecule has 0 unspecified atom stereocenters. The Bertz CT molecular complexity index is 1260. The van der Waals surface area contributed by atoms with E-state index < -0.39 is 17.7 Å². The third-order valence-corrected chi connectivity index (χ3v) is 7.69. The second-order valence-electron chi connectivity index (χ2n) is 7.93. The van der Waals surface area contributed by atoms with Gasteiger partial charge in [0.15, 0.2) is 0 Å². The molecule has 1 aromatic heterocycles. The molecular formula is C26H25FN2O4S2. The van der Waals surface area contributed by atoms with E-state index in [9.17, 15) is 18.8 Å². The lowest BCUT2D eigenvalue weighted by molar-refractivity contribution is -0.113. The molecule has 6 nitrogen and oxygen atoms in total. The number of thioether (sulfide) groups is 1. The molecule has 182 valence electrons. The molecule has 2 amide bonds. The Kier molecular flexibility index (Phi) is 8.20. The van der Waals surface area contributed by atoms with E-state index in [1.54, 1.807) is 31.2 Å². The van der Waals surface area contributed by atoms with Gasteiger partial charge in [0.05, 0.1) is 23.5 Å². The van der Waals surface area contributed by atoms with Crippen molar-refractivity contribution in [1.82, 2.24) is 0 Å². The van der Waals surface area contributed by atoms with Crippen LogP contribution in [0.5, 0.6) is 0 Å². The van der Waals surface area contributed by atoms with E-state index in [0.29, 0.717) is 16.3 Å². The minimum absolute atomic E-state index is 0.0408. The van der Waals surface area contributed by atoms with Gasteiger partial charge in [-0.15, -0.1) is 23.1 Å². The zero-order valence-electron chi connectivity index (χ0n) is 19.2. The van der Waals surface area contributed by atoms with Crippen LogP contribution in [0.3, 0.4) is 0 Å². The Morgan fingerprint density at radius 2 is 1.86 bits per heavy atom. The summed E-state index contributed by atoms with van der Waals surface area (Å²) in [5.41, 5.74) is 1.95. The zero-order chi connectivity index (χ0) is 24.8. The van der Waals surface area contributed by atoms with Gasteiger partial charge in [0.25, 0.3) is 5.91 Å². The molecule has 2 N–H and O–H groups in total. The lowest BCUT2D eigenvalue weighted by Gasteiger charge is -2.12. The van der Waals surface area contributed by atoms with Gasteiger partial charge < -0.3 is 15.4 Å². The molecule has 0 atom stereocenters. The maximum Gasteiger partial charge on any atom is 0.341 e. The third kappa shape index (κ3) is 6.10. The molecule has 1 heterocycles. The van der Waals surface area contributed by atoms with Crippen LogP contribution in [-0.4, -0.2) is 30.1 Å². The molecule has 1 aliphatic carbocycles. The number of carbonyl (C=O) groups excluding carboxylic acids is 3. The van der Waals surface area contributed by atoms with Crippen molar-refractivity contribution in [2.24, 2.45) is 0 Å². The predicted molar refractivity (Wildman–Crippen MR) is 137 cm³/mol. The normalized spacial score (nSPS) is 12.5. The Morgan fingerprint density at radius 1 is 1.06 bits per heavy atom. The van der Waals surface area contributed by atoms with Gasteiger partial charge in [-0.05, 0) is 68.5 Å². The summed E-state index contributed by atoms with van der Waals surface area (Å²) in [5.74, 6) is -1.65. The minimum atomic E-state index is -0.593. The van der Waals surface area contributed by atoms with E-state index >= 15 is 0 Å². The average molecular weight is 513 g/mol. The van der Waals surface area contributed by atoms with Gasteiger partial charge in [0.1, 0.15) is 10.8 Å². The molecule has 4 rings (SSSR count). The van der Waals surface area contributed by atoms with E-state index in [1.807, 2.05) is 6.07 Å². The summed E-state index contributed by atoms with van der Waals surface area (Å²) in [4.78, 5) is 39.6. The minimum Gasteiger partial charge on any atom is -0.462 e. The molecule has 0 bridgehead atoms. The first-order valence-electron chi connectivity index (χ1n) is 11.4. The number of benzene rings is 2. The number of aryl methyl sites for hydroxylation is 1. The van der Waals surface area contributed by atoms with Crippen LogP contribution in [0.4, 0.5) is 15.1 Å². The summed E-state index contributed by atoms with van der Waals surface area (Å²) in [6, 6.07) is 12.8. The number of ether oxygens (including phenoxy) is 1. The van der Waals surface area contributed by atoms with Gasteiger partial charge in [0, 0.05) is 15.5 Å². The van der Waals surface area contributed by atoms with Crippen LogP contribution in [-0.2, 0) is 22.4 Å². The highest BCUT2D eigenvalue weighted by Gasteiger charge is 2.27. The van der Waals surface area contributed by atoms with Gasteiger partial charge >= 0.3 is 5.97 Å². The van der Waals surface area contributed by atoms with Crippen LogP contribution in [0.1, 0.15) is 50.9 Å². The molecule has 0 saturated heterocycles. The molecule has 1 aliphatic rings. The molecule has 9 heteroatoms. The van der Waals surface area contributed by atoms with Crippen molar-refractivity contribution in [2.75, 3.05) is 23.0 Å². The van der Waals surface area contributed by atoms with Crippen molar-refractivity contribution < 1.29 is 23.5 Å². The summed E-state index contributed by atoms with van der Waals surface area (Å²) in [5, 5.41) is 6.13. The summed E-state index contributed by atoms with van der Waals surface area (Å²) in [7, 11) is 0. The standard InChI is InChI=1S/C26H25FN2O4S2/c1-2-33-26(32)23-19-11-4-6-13-21(19)35-25(23)29-22(30)15-34-17-9-7-8-16(14-17)28-24(31)18-10-3-5-12-20(18)27/h3,5,7-10,12,14H,2,4,6,11,13,15H2,1H3,(H,28,31)(H,29,30). The lowest BCUT2D eigenvalue weighted by Crippen LogP contribution is -2.17. The number of hydrogen-bond donors (Lipinski definition) is 2. The summed E-state index contributed by atoms with van der Waals surface area (Å²) in [6.07, 6.45) is 3.81. The van der Waals surface area contributed by atoms with Gasteiger partial charge in [-0.25, -0.2) is 9.18 Å². The first-order valence-corrected chi connectivity index (χ1v) is 13.2. The van der Waals surface area contributed by atoms with Crippen molar-refractivity contribution in [3.8, 4) is 0 Å². The fourth-order valence-electron chi connectivity index (χ4n) is 3.89. The highest BCUT2D eigenvalue weighted by atomic mass is 32.2. The molecule has 2 aromatic carbocycles.